The number of cyclic esters (lactones) is 1. The number of aliphatic imine (C=N–C) groups is 1. The van der Waals surface area contributed by atoms with Gasteiger partial charge < -0.3 is 9.15 Å². The molecule has 1 aliphatic heterocycles. The average Bonchev–Trinajstić information content (AvgIpc) is 2.98. The van der Waals surface area contributed by atoms with Crippen LogP contribution in [0.4, 0.5) is 0 Å². The molecule has 5 heteroatoms. The first-order valence-electron chi connectivity index (χ1n) is 5.97. The Balaban J connectivity index is 1.92. The summed E-state index contributed by atoms with van der Waals surface area (Å²) in [6.45, 7) is 1.83. The highest BCUT2D eigenvalue weighted by Crippen LogP contribution is 2.20. The third-order valence-corrected chi connectivity index (χ3v) is 3.00. The standard InChI is InChI=1S/C15H10ClNO3/c1-9-2-7-12(19-9)8-13-15(18)20-14(17-13)10-3-5-11(16)6-4-10/h2-8H,1H3/b13-8+. The molecule has 100 valence electrons. The molecular formula is C15H10ClNO3. The molecule has 2 aromatic rings. The van der Waals surface area contributed by atoms with Gasteiger partial charge in [0.2, 0.25) is 5.90 Å². The van der Waals surface area contributed by atoms with Crippen LogP contribution >= 0.6 is 11.6 Å². The first-order valence-corrected chi connectivity index (χ1v) is 6.34. The molecule has 20 heavy (non-hydrogen) atoms. The maximum absolute atomic E-state index is 11.8. The van der Waals surface area contributed by atoms with E-state index in [2.05, 4.69) is 4.99 Å². The monoisotopic (exact) mass is 287 g/mol. The van der Waals surface area contributed by atoms with Crippen LogP contribution in [0.25, 0.3) is 6.08 Å². The smallest absolute Gasteiger partial charge is 0.363 e. The van der Waals surface area contributed by atoms with Crippen LogP contribution < -0.4 is 0 Å². The van der Waals surface area contributed by atoms with Crippen LogP contribution in [0, 0.1) is 6.92 Å². The molecule has 0 aliphatic carbocycles. The molecule has 0 saturated heterocycles. The molecular weight excluding hydrogens is 278 g/mol. The fourth-order valence-corrected chi connectivity index (χ4v) is 1.92. The number of ether oxygens (including phenoxy) is 1. The molecule has 3 rings (SSSR count). The molecule has 0 N–H and O–H groups in total. The minimum absolute atomic E-state index is 0.212. The summed E-state index contributed by atoms with van der Waals surface area (Å²) in [6, 6.07) is 10.5. The van der Waals surface area contributed by atoms with Crippen molar-refractivity contribution in [1.82, 2.24) is 0 Å². The molecule has 0 spiro atoms. The van der Waals surface area contributed by atoms with Crippen LogP contribution in [0.3, 0.4) is 0 Å². The van der Waals surface area contributed by atoms with Crippen molar-refractivity contribution in [3.8, 4) is 0 Å². The van der Waals surface area contributed by atoms with E-state index in [0.717, 1.165) is 5.76 Å². The second-order valence-corrected chi connectivity index (χ2v) is 4.73. The van der Waals surface area contributed by atoms with Gasteiger partial charge >= 0.3 is 5.97 Å². The molecule has 0 bridgehead atoms. The number of carbonyl (C=O) groups excluding carboxylic acids is 1. The number of benzene rings is 1. The third-order valence-electron chi connectivity index (χ3n) is 2.75. The summed E-state index contributed by atoms with van der Waals surface area (Å²) >= 11 is 5.81. The van der Waals surface area contributed by atoms with Crippen LogP contribution in [0.1, 0.15) is 17.1 Å². The van der Waals surface area contributed by atoms with E-state index >= 15 is 0 Å². The lowest BCUT2D eigenvalue weighted by Crippen LogP contribution is -2.05. The number of halogens is 1. The Bertz CT molecular complexity index is 726. The van der Waals surface area contributed by atoms with Gasteiger partial charge in [0.25, 0.3) is 0 Å². The van der Waals surface area contributed by atoms with Crippen molar-refractivity contribution in [3.63, 3.8) is 0 Å². The normalized spacial score (nSPS) is 16.4. The molecule has 1 aliphatic rings. The van der Waals surface area contributed by atoms with Gasteiger partial charge in [-0.05, 0) is 43.3 Å². The van der Waals surface area contributed by atoms with Gasteiger partial charge in [0.15, 0.2) is 5.70 Å². The van der Waals surface area contributed by atoms with Crippen LogP contribution in [0.15, 0.2) is 51.5 Å². The molecule has 0 fully saturated rings. The van der Waals surface area contributed by atoms with Gasteiger partial charge in [0.05, 0.1) is 0 Å². The summed E-state index contributed by atoms with van der Waals surface area (Å²) in [5.41, 5.74) is 0.908. The predicted octanol–water partition coefficient (Wildman–Crippen LogP) is 3.59. The topological polar surface area (TPSA) is 51.8 Å². The molecule has 0 atom stereocenters. The van der Waals surface area contributed by atoms with Gasteiger partial charge in [-0.15, -0.1) is 0 Å². The summed E-state index contributed by atoms with van der Waals surface area (Å²) in [5, 5.41) is 0.612. The molecule has 0 radical (unpaired) electrons. The van der Waals surface area contributed by atoms with Crippen LogP contribution in [-0.2, 0) is 9.53 Å². The van der Waals surface area contributed by atoms with E-state index in [0.29, 0.717) is 16.3 Å². The van der Waals surface area contributed by atoms with E-state index in [-0.39, 0.29) is 11.6 Å². The fraction of sp³-hybridized carbons (Fsp3) is 0.0667. The molecule has 0 amide bonds. The van der Waals surface area contributed by atoms with E-state index < -0.39 is 5.97 Å². The second-order valence-electron chi connectivity index (χ2n) is 4.29. The fourth-order valence-electron chi connectivity index (χ4n) is 1.79. The number of hydrogen-bond acceptors (Lipinski definition) is 4. The van der Waals surface area contributed by atoms with Gasteiger partial charge in [-0.1, -0.05) is 11.6 Å². The number of rotatable bonds is 2. The summed E-state index contributed by atoms with van der Waals surface area (Å²) in [7, 11) is 0. The van der Waals surface area contributed by atoms with Gasteiger partial charge in [0, 0.05) is 16.7 Å². The summed E-state index contributed by atoms with van der Waals surface area (Å²) in [6.07, 6.45) is 1.55. The van der Waals surface area contributed by atoms with Crippen molar-refractivity contribution in [2.75, 3.05) is 0 Å². The first-order chi connectivity index (χ1) is 9.61. The lowest BCUT2D eigenvalue weighted by molar-refractivity contribution is -0.129. The number of hydrogen-bond donors (Lipinski definition) is 0. The third kappa shape index (κ3) is 2.51. The van der Waals surface area contributed by atoms with Crippen molar-refractivity contribution >= 4 is 29.5 Å². The van der Waals surface area contributed by atoms with E-state index in [1.165, 1.54) is 0 Å². The average molecular weight is 288 g/mol. The molecule has 1 aromatic heterocycles. The van der Waals surface area contributed by atoms with Gasteiger partial charge in [-0.25, -0.2) is 9.79 Å². The summed E-state index contributed by atoms with van der Waals surface area (Å²) in [4.78, 5) is 15.9. The maximum atomic E-state index is 11.8. The lowest BCUT2D eigenvalue weighted by Gasteiger charge is -1.98. The van der Waals surface area contributed by atoms with Crippen LogP contribution in [0.2, 0.25) is 5.02 Å². The Kier molecular flexibility index (Phi) is 3.16. The zero-order valence-electron chi connectivity index (χ0n) is 10.6. The Hall–Kier alpha value is -2.33. The number of furan rings is 1. The Labute approximate surface area is 120 Å². The van der Waals surface area contributed by atoms with Crippen molar-refractivity contribution in [1.29, 1.82) is 0 Å². The minimum atomic E-state index is -0.496. The van der Waals surface area contributed by atoms with Gasteiger partial charge in [-0.3, -0.25) is 0 Å². The predicted molar refractivity (Wildman–Crippen MR) is 75.5 cm³/mol. The number of nitrogens with zero attached hydrogens (tertiary/aromatic N) is 1. The first kappa shape index (κ1) is 12.7. The van der Waals surface area contributed by atoms with Crippen molar-refractivity contribution in [2.24, 2.45) is 4.99 Å². The van der Waals surface area contributed by atoms with Crippen LogP contribution in [0.5, 0.6) is 0 Å². The molecule has 0 saturated carbocycles. The van der Waals surface area contributed by atoms with Gasteiger partial charge in [-0.2, -0.15) is 0 Å². The zero-order chi connectivity index (χ0) is 14.1. The largest absolute Gasteiger partial charge is 0.462 e. The summed E-state index contributed by atoms with van der Waals surface area (Å²) < 4.78 is 10.5. The number of carbonyl (C=O) groups is 1. The molecule has 1 aromatic carbocycles. The Morgan fingerprint density at radius 2 is 1.90 bits per heavy atom. The van der Waals surface area contributed by atoms with E-state index in [1.54, 1.807) is 36.4 Å². The van der Waals surface area contributed by atoms with E-state index in [4.69, 9.17) is 20.8 Å². The van der Waals surface area contributed by atoms with E-state index in [1.807, 2.05) is 13.0 Å². The second kappa shape index (κ2) is 4.98. The molecule has 2 heterocycles. The number of esters is 1. The van der Waals surface area contributed by atoms with Gasteiger partial charge in [0.1, 0.15) is 11.5 Å². The quantitative estimate of drug-likeness (QED) is 0.626. The molecule has 4 nitrogen and oxygen atoms in total. The molecule has 0 unspecified atom stereocenters. The highest BCUT2D eigenvalue weighted by Gasteiger charge is 2.24. The maximum Gasteiger partial charge on any atom is 0.363 e. The number of aryl methyl sites for hydroxylation is 1. The Morgan fingerprint density at radius 1 is 1.15 bits per heavy atom. The highest BCUT2D eigenvalue weighted by atomic mass is 35.5. The van der Waals surface area contributed by atoms with Crippen molar-refractivity contribution in [2.45, 2.75) is 6.92 Å². The van der Waals surface area contributed by atoms with E-state index in [9.17, 15) is 4.79 Å². The minimum Gasteiger partial charge on any atom is -0.462 e. The van der Waals surface area contributed by atoms with Crippen molar-refractivity contribution in [3.05, 3.63) is 64.2 Å². The lowest BCUT2D eigenvalue weighted by atomic mass is 10.2. The summed E-state index contributed by atoms with van der Waals surface area (Å²) in [5.74, 6) is 1.10. The van der Waals surface area contributed by atoms with Crippen molar-refractivity contribution < 1.29 is 13.9 Å². The SMILES string of the molecule is Cc1ccc(/C=C2/N=C(c3ccc(Cl)cc3)OC2=O)o1. The van der Waals surface area contributed by atoms with Crippen LogP contribution in [-0.4, -0.2) is 11.9 Å². The highest BCUT2D eigenvalue weighted by molar-refractivity contribution is 6.30. The zero-order valence-corrected chi connectivity index (χ0v) is 11.3. The Morgan fingerprint density at radius 3 is 2.55 bits per heavy atom.